The minimum atomic E-state index is -0.545. The molecule has 0 unspecified atom stereocenters. The molecule has 0 aromatic heterocycles. The van der Waals surface area contributed by atoms with Crippen molar-refractivity contribution in [1.82, 2.24) is 5.43 Å². The van der Waals surface area contributed by atoms with E-state index in [2.05, 4.69) is 26.5 Å². The molecule has 1 amide bonds. The number of carbonyl (C=O) groups excluding carboxylic acids is 2. The number of nitrogens with zero attached hydrogens (tertiary/aromatic N) is 1. The van der Waals surface area contributed by atoms with Gasteiger partial charge in [-0.2, -0.15) is 5.10 Å². The molecule has 0 heterocycles. The highest BCUT2D eigenvalue weighted by Crippen LogP contribution is 2.33. The summed E-state index contributed by atoms with van der Waals surface area (Å²) in [5, 5.41) is 6.53. The molecule has 4 aromatic carbocycles. The van der Waals surface area contributed by atoms with Gasteiger partial charge >= 0.3 is 5.97 Å². The number of amides is 1. The van der Waals surface area contributed by atoms with Crippen LogP contribution in [0.2, 0.25) is 5.02 Å². The third-order valence-electron chi connectivity index (χ3n) is 5.06. The third-order valence-corrected chi connectivity index (χ3v) is 6.13. The van der Waals surface area contributed by atoms with Crippen molar-refractivity contribution in [3.63, 3.8) is 0 Å². The number of hydrogen-bond acceptors (Lipinski definition) is 6. The van der Waals surface area contributed by atoms with Crippen LogP contribution in [0.3, 0.4) is 0 Å². The van der Waals surface area contributed by atoms with Gasteiger partial charge in [-0.05, 0) is 80.8 Å². The SMILES string of the molecule is COc1cc(/C=N/NC(=O)COc2ccc3ccccc3c2Br)ccc1OC(=O)c1ccc(Cl)cc1. The lowest BCUT2D eigenvalue weighted by Crippen LogP contribution is -2.24. The van der Waals surface area contributed by atoms with Gasteiger partial charge in [0.1, 0.15) is 5.75 Å². The van der Waals surface area contributed by atoms with Crippen LogP contribution in [-0.4, -0.2) is 31.8 Å². The largest absolute Gasteiger partial charge is 0.493 e. The van der Waals surface area contributed by atoms with E-state index < -0.39 is 11.9 Å². The molecule has 0 radical (unpaired) electrons. The normalized spacial score (nSPS) is 10.9. The standard InChI is InChI=1S/C27H20BrClN2O5/c1-34-24-14-17(6-12-22(24)36-27(33)19-7-10-20(29)11-8-19)15-30-31-25(32)16-35-23-13-9-18-4-2-3-5-21(18)26(23)28/h2-15H,16H2,1H3,(H,31,32)/b30-15+. The molecule has 36 heavy (non-hydrogen) atoms. The van der Waals surface area contributed by atoms with Crippen molar-refractivity contribution >= 4 is 56.4 Å². The number of rotatable bonds is 8. The average Bonchev–Trinajstić information content (AvgIpc) is 2.89. The van der Waals surface area contributed by atoms with Gasteiger partial charge in [-0.1, -0.05) is 41.9 Å². The second-order valence-corrected chi connectivity index (χ2v) is 8.72. The Morgan fingerprint density at radius 2 is 1.72 bits per heavy atom. The summed E-state index contributed by atoms with van der Waals surface area (Å²) < 4.78 is 17.2. The molecular weight excluding hydrogens is 548 g/mol. The zero-order chi connectivity index (χ0) is 25.5. The molecule has 0 aliphatic rings. The van der Waals surface area contributed by atoms with E-state index in [-0.39, 0.29) is 12.4 Å². The highest BCUT2D eigenvalue weighted by Gasteiger charge is 2.13. The number of hydrogen-bond donors (Lipinski definition) is 1. The molecule has 0 atom stereocenters. The second-order valence-electron chi connectivity index (χ2n) is 7.49. The molecule has 4 aromatic rings. The number of benzene rings is 4. The molecule has 0 spiro atoms. The lowest BCUT2D eigenvalue weighted by molar-refractivity contribution is -0.123. The van der Waals surface area contributed by atoms with Gasteiger partial charge in [0.05, 0.1) is 23.4 Å². The Morgan fingerprint density at radius 1 is 0.972 bits per heavy atom. The zero-order valence-electron chi connectivity index (χ0n) is 19.0. The lowest BCUT2D eigenvalue weighted by atomic mass is 10.1. The van der Waals surface area contributed by atoms with Gasteiger partial charge in [0.15, 0.2) is 18.1 Å². The molecule has 9 heteroatoms. The summed E-state index contributed by atoms with van der Waals surface area (Å²) in [5.74, 6) is 0.162. The predicted octanol–water partition coefficient (Wildman–Crippen LogP) is 6.01. The molecule has 0 saturated carbocycles. The summed E-state index contributed by atoms with van der Waals surface area (Å²) in [4.78, 5) is 24.5. The topological polar surface area (TPSA) is 86.2 Å². The first-order valence-electron chi connectivity index (χ1n) is 10.7. The second kappa shape index (κ2) is 11.7. The van der Waals surface area contributed by atoms with Gasteiger partial charge in [0, 0.05) is 5.02 Å². The Morgan fingerprint density at radius 3 is 2.50 bits per heavy atom. The van der Waals surface area contributed by atoms with E-state index in [1.807, 2.05) is 30.3 Å². The fourth-order valence-corrected chi connectivity index (χ4v) is 4.01. The summed E-state index contributed by atoms with van der Waals surface area (Å²) in [6.45, 7) is -0.211. The first kappa shape index (κ1) is 25.2. The van der Waals surface area contributed by atoms with Crippen LogP contribution in [0, 0.1) is 0 Å². The van der Waals surface area contributed by atoms with E-state index in [0.29, 0.717) is 27.6 Å². The maximum atomic E-state index is 12.4. The number of ether oxygens (including phenoxy) is 3. The smallest absolute Gasteiger partial charge is 0.343 e. The van der Waals surface area contributed by atoms with Crippen LogP contribution >= 0.6 is 27.5 Å². The summed E-state index contributed by atoms with van der Waals surface area (Å²) in [7, 11) is 1.46. The molecular formula is C27H20BrClN2O5. The number of fused-ring (bicyclic) bond motifs is 1. The number of methoxy groups -OCH3 is 1. The van der Waals surface area contributed by atoms with E-state index in [9.17, 15) is 9.59 Å². The Hall–Kier alpha value is -3.88. The summed E-state index contributed by atoms with van der Waals surface area (Å²) >= 11 is 9.38. The summed E-state index contributed by atoms with van der Waals surface area (Å²) in [6, 6.07) is 22.8. The molecule has 4 rings (SSSR count). The maximum Gasteiger partial charge on any atom is 0.343 e. The van der Waals surface area contributed by atoms with Crippen LogP contribution < -0.4 is 19.6 Å². The summed E-state index contributed by atoms with van der Waals surface area (Å²) in [6.07, 6.45) is 1.44. The molecule has 7 nitrogen and oxygen atoms in total. The van der Waals surface area contributed by atoms with Gasteiger partial charge in [-0.25, -0.2) is 10.2 Å². The Bertz CT molecular complexity index is 1440. The minimum Gasteiger partial charge on any atom is -0.493 e. The molecule has 0 fully saturated rings. The van der Waals surface area contributed by atoms with Crippen LogP contribution in [0.1, 0.15) is 15.9 Å². The fraction of sp³-hybridized carbons (Fsp3) is 0.0741. The van der Waals surface area contributed by atoms with E-state index >= 15 is 0 Å². The van der Waals surface area contributed by atoms with Gasteiger partial charge < -0.3 is 14.2 Å². The average molecular weight is 568 g/mol. The van der Waals surface area contributed by atoms with Crippen molar-refractivity contribution < 1.29 is 23.8 Å². The molecule has 0 aliphatic heterocycles. The monoisotopic (exact) mass is 566 g/mol. The van der Waals surface area contributed by atoms with Crippen molar-refractivity contribution in [2.45, 2.75) is 0 Å². The van der Waals surface area contributed by atoms with Crippen molar-refractivity contribution in [2.24, 2.45) is 5.10 Å². The first-order valence-corrected chi connectivity index (χ1v) is 11.9. The Balaban J connectivity index is 1.33. The number of hydrazone groups is 1. The zero-order valence-corrected chi connectivity index (χ0v) is 21.4. The number of carbonyl (C=O) groups is 2. The molecule has 0 saturated heterocycles. The van der Waals surface area contributed by atoms with Crippen LogP contribution in [0.4, 0.5) is 0 Å². The van der Waals surface area contributed by atoms with Gasteiger partial charge in [0.25, 0.3) is 5.91 Å². The van der Waals surface area contributed by atoms with E-state index in [0.717, 1.165) is 15.2 Å². The fourth-order valence-electron chi connectivity index (χ4n) is 3.27. The van der Waals surface area contributed by atoms with E-state index in [4.69, 9.17) is 25.8 Å². The predicted molar refractivity (Wildman–Crippen MR) is 142 cm³/mol. The quantitative estimate of drug-likeness (QED) is 0.122. The highest BCUT2D eigenvalue weighted by atomic mass is 79.9. The van der Waals surface area contributed by atoms with Gasteiger partial charge in [-0.15, -0.1) is 0 Å². The molecule has 1 N–H and O–H groups in total. The molecule has 182 valence electrons. The van der Waals surface area contributed by atoms with Crippen LogP contribution in [0.25, 0.3) is 10.8 Å². The lowest BCUT2D eigenvalue weighted by Gasteiger charge is -2.10. The Labute approximate surface area is 220 Å². The van der Waals surface area contributed by atoms with E-state index in [1.54, 1.807) is 48.5 Å². The third kappa shape index (κ3) is 6.21. The summed E-state index contributed by atoms with van der Waals surface area (Å²) in [5.41, 5.74) is 3.40. The van der Waals surface area contributed by atoms with Crippen LogP contribution in [0.15, 0.2) is 88.4 Å². The van der Waals surface area contributed by atoms with Crippen molar-refractivity contribution in [3.05, 3.63) is 99.5 Å². The minimum absolute atomic E-state index is 0.211. The van der Waals surface area contributed by atoms with Crippen LogP contribution in [-0.2, 0) is 4.79 Å². The number of halogens is 2. The van der Waals surface area contributed by atoms with Gasteiger partial charge in [0.2, 0.25) is 0 Å². The van der Waals surface area contributed by atoms with E-state index in [1.165, 1.54) is 13.3 Å². The Kier molecular flexibility index (Phi) is 8.20. The van der Waals surface area contributed by atoms with Crippen LogP contribution in [0.5, 0.6) is 17.2 Å². The number of nitrogens with one attached hydrogen (secondary N) is 1. The molecule has 0 bridgehead atoms. The van der Waals surface area contributed by atoms with Gasteiger partial charge in [-0.3, -0.25) is 4.79 Å². The first-order chi connectivity index (χ1) is 17.4. The van der Waals surface area contributed by atoms with Crippen molar-refractivity contribution in [2.75, 3.05) is 13.7 Å². The highest BCUT2D eigenvalue weighted by molar-refractivity contribution is 9.10. The number of esters is 1. The van der Waals surface area contributed by atoms with Crippen molar-refractivity contribution in [3.8, 4) is 17.2 Å². The van der Waals surface area contributed by atoms with Crippen molar-refractivity contribution in [1.29, 1.82) is 0 Å². The maximum absolute atomic E-state index is 12.4. The molecule has 0 aliphatic carbocycles.